The molecule has 0 unspecified atom stereocenters. The average Bonchev–Trinajstić information content (AvgIpc) is 3.11. The molecule has 0 fully saturated rings. The largest absolute Gasteiger partial charge is 0.0651 e. The van der Waals surface area contributed by atoms with Gasteiger partial charge in [-0.15, -0.1) is 0 Å². The van der Waals surface area contributed by atoms with Crippen molar-refractivity contribution in [3.63, 3.8) is 0 Å². The minimum absolute atomic E-state index is 0.884. The predicted molar refractivity (Wildman–Crippen MR) is 237 cm³/mol. The van der Waals surface area contributed by atoms with E-state index in [1.807, 2.05) is 0 Å². The molecule has 0 spiro atoms. The highest BCUT2D eigenvalue weighted by Gasteiger charge is 2.02. The van der Waals surface area contributed by atoms with Crippen LogP contribution in [0.3, 0.4) is 0 Å². The van der Waals surface area contributed by atoms with E-state index in [1.165, 1.54) is 79.2 Å². The first-order valence-electron chi connectivity index (χ1n) is 19.3. The predicted octanol–water partition coefficient (Wildman–Crippen LogP) is 16.1. The molecule has 0 N–H and O–H groups in total. The van der Waals surface area contributed by atoms with Crippen molar-refractivity contribution < 1.29 is 0 Å². The van der Waals surface area contributed by atoms with Gasteiger partial charge in [-0.25, -0.2) is 0 Å². The van der Waals surface area contributed by atoms with Gasteiger partial charge in [0.25, 0.3) is 0 Å². The Balaban J connectivity index is 0.000000326. The third-order valence-corrected chi connectivity index (χ3v) is 9.13. The highest BCUT2D eigenvalue weighted by Crippen LogP contribution is 2.26. The summed E-state index contributed by atoms with van der Waals surface area (Å²) in [7, 11) is 0. The first-order chi connectivity index (χ1) is 24.7. The molecule has 0 heterocycles. The summed E-state index contributed by atoms with van der Waals surface area (Å²) in [6.45, 7) is 30.4. The maximum Gasteiger partial charge on any atom is -0.0125 e. The lowest BCUT2D eigenvalue weighted by Gasteiger charge is -2.08. The Labute approximate surface area is 320 Å². The molecule has 278 valence electrons. The third kappa shape index (κ3) is 18.2. The van der Waals surface area contributed by atoms with E-state index >= 15 is 0 Å². The lowest BCUT2D eigenvalue weighted by atomic mass is 9.97. The number of hydrogen-bond acceptors (Lipinski definition) is 0. The van der Waals surface area contributed by atoms with Gasteiger partial charge >= 0.3 is 0 Å². The van der Waals surface area contributed by atoms with Crippen molar-refractivity contribution in [2.75, 3.05) is 0 Å². The molecule has 6 rings (SSSR count). The first-order valence-corrected chi connectivity index (χ1v) is 19.3. The van der Waals surface area contributed by atoms with Gasteiger partial charge in [0.1, 0.15) is 0 Å². The standard InChI is InChI=1S/C14H14.C12H12.2C8H10.2C5H12/c1-11-7-3-5-9-13(11)14-10-6-4-8-12(14)2;1-9-5-3-7-11-8-4-6-10(2)12(9)11;1-7-4-3-5-8(2)6-7;1-7-5-3-4-6-8(7)2;2*1-4-5(2)3/h3-10H,1-2H3;3-8H,1-2H3;2*3-6H,1-2H3;2*5H,4H2,1-3H3. The summed E-state index contributed by atoms with van der Waals surface area (Å²) < 4.78 is 0. The maximum absolute atomic E-state index is 2.22. The van der Waals surface area contributed by atoms with Crippen molar-refractivity contribution in [1.82, 2.24) is 0 Å². The summed E-state index contributed by atoms with van der Waals surface area (Å²) in [5, 5.41) is 2.75. The van der Waals surface area contributed by atoms with Crippen LogP contribution in [0.25, 0.3) is 21.9 Å². The van der Waals surface area contributed by atoms with Crippen molar-refractivity contribution in [2.24, 2.45) is 11.8 Å². The number of benzene rings is 6. The Bertz CT molecular complexity index is 1710. The summed E-state index contributed by atoms with van der Waals surface area (Å²) in [6.07, 6.45) is 2.61. The van der Waals surface area contributed by atoms with Crippen LogP contribution in [0.15, 0.2) is 133 Å². The van der Waals surface area contributed by atoms with E-state index in [4.69, 9.17) is 0 Å². The van der Waals surface area contributed by atoms with E-state index < -0.39 is 0 Å². The molecule has 0 radical (unpaired) electrons. The average molecular weight is 695 g/mol. The van der Waals surface area contributed by atoms with Crippen molar-refractivity contribution in [3.05, 3.63) is 178 Å². The molecule has 0 aromatic heterocycles. The van der Waals surface area contributed by atoms with Gasteiger partial charge in [0, 0.05) is 0 Å². The van der Waals surface area contributed by atoms with Gasteiger partial charge in [0.05, 0.1) is 0 Å². The molecule has 0 saturated carbocycles. The van der Waals surface area contributed by atoms with Crippen molar-refractivity contribution in [1.29, 1.82) is 0 Å². The quantitative estimate of drug-likeness (QED) is 0.173. The molecule has 0 aliphatic rings. The summed E-state index contributed by atoms with van der Waals surface area (Å²) in [6, 6.07) is 46.7. The van der Waals surface area contributed by atoms with Crippen molar-refractivity contribution in [3.8, 4) is 11.1 Å². The zero-order valence-electron chi connectivity index (χ0n) is 35.3. The first kappa shape index (κ1) is 45.6. The zero-order valence-corrected chi connectivity index (χ0v) is 35.3. The monoisotopic (exact) mass is 695 g/mol. The summed E-state index contributed by atoms with van der Waals surface area (Å²) in [4.78, 5) is 0. The second-order valence-corrected chi connectivity index (χ2v) is 14.7. The van der Waals surface area contributed by atoms with E-state index in [-0.39, 0.29) is 0 Å². The summed E-state index contributed by atoms with van der Waals surface area (Å²) in [5.74, 6) is 1.77. The smallest absolute Gasteiger partial charge is 0.0125 e. The Morgan fingerprint density at radius 1 is 0.346 bits per heavy atom. The lowest BCUT2D eigenvalue weighted by molar-refractivity contribution is 0.626. The fourth-order valence-corrected chi connectivity index (χ4v) is 4.97. The van der Waals surface area contributed by atoms with E-state index in [9.17, 15) is 0 Å². The SMILES string of the molecule is CCC(C)C.CCC(C)C.Cc1cccc(C)c1.Cc1cccc2cccc(C)c12.Cc1ccccc1-c1ccccc1C.Cc1ccccc1C. The topological polar surface area (TPSA) is 0 Å². The van der Waals surface area contributed by atoms with Crippen molar-refractivity contribution >= 4 is 10.8 Å². The minimum Gasteiger partial charge on any atom is -0.0651 e. The van der Waals surface area contributed by atoms with Crippen LogP contribution in [-0.2, 0) is 0 Å². The minimum atomic E-state index is 0.884. The summed E-state index contributed by atoms with van der Waals surface area (Å²) in [5.41, 5.74) is 13.5. The molecular formula is C52H70. The highest BCUT2D eigenvalue weighted by molar-refractivity contribution is 5.88. The molecule has 0 atom stereocenters. The van der Waals surface area contributed by atoms with Crippen LogP contribution in [0, 0.1) is 67.2 Å². The fourth-order valence-electron chi connectivity index (χ4n) is 4.97. The molecule has 0 aliphatic carbocycles. The Kier molecular flexibility index (Phi) is 22.4. The van der Waals surface area contributed by atoms with Crippen LogP contribution in [0.2, 0.25) is 0 Å². The Hall–Kier alpha value is -4.42. The van der Waals surface area contributed by atoms with Crippen LogP contribution in [-0.4, -0.2) is 0 Å². The Morgan fingerprint density at radius 3 is 0.885 bits per heavy atom. The molecule has 0 bridgehead atoms. The van der Waals surface area contributed by atoms with E-state index in [1.54, 1.807) is 0 Å². The van der Waals surface area contributed by atoms with Crippen LogP contribution < -0.4 is 0 Å². The second kappa shape index (κ2) is 25.5. The Morgan fingerprint density at radius 2 is 0.635 bits per heavy atom. The molecule has 0 saturated heterocycles. The summed E-state index contributed by atoms with van der Waals surface area (Å²) >= 11 is 0. The third-order valence-electron chi connectivity index (χ3n) is 9.13. The van der Waals surface area contributed by atoms with Gasteiger partial charge in [0.15, 0.2) is 0 Å². The van der Waals surface area contributed by atoms with Gasteiger partial charge in [-0.1, -0.05) is 199 Å². The number of fused-ring (bicyclic) bond motifs is 1. The van der Waals surface area contributed by atoms with Gasteiger partial charge in [0.2, 0.25) is 0 Å². The van der Waals surface area contributed by atoms with Crippen LogP contribution in [0.5, 0.6) is 0 Å². The number of hydrogen-bond donors (Lipinski definition) is 0. The number of rotatable bonds is 3. The van der Waals surface area contributed by atoms with E-state index in [0.29, 0.717) is 0 Å². The molecule has 52 heavy (non-hydrogen) atoms. The molecule has 0 amide bonds. The second-order valence-electron chi connectivity index (χ2n) is 14.7. The molecule has 6 aromatic rings. The van der Waals surface area contributed by atoms with E-state index in [2.05, 4.69) is 230 Å². The molecular weight excluding hydrogens is 625 g/mol. The molecule has 0 heteroatoms. The number of aryl methyl sites for hydroxylation is 8. The van der Waals surface area contributed by atoms with Gasteiger partial charge in [-0.3, -0.25) is 0 Å². The van der Waals surface area contributed by atoms with Crippen LogP contribution in [0.1, 0.15) is 98.9 Å². The zero-order chi connectivity index (χ0) is 39.1. The normalized spacial score (nSPS) is 9.85. The van der Waals surface area contributed by atoms with Crippen LogP contribution in [0.4, 0.5) is 0 Å². The molecule has 6 aromatic carbocycles. The van der Waals surface area contributed by atoms with Gasteiger partial charge in [-0.05, 0) is 123 Å². The molecule has 0 nitrogen and oxygen atoms in total. The fraction of sp³-hybridized carbons (Fsp3) is 0.346. The molecule has 0 aliphatic heterocycles. The van der Waals surface area contributed by atoms with Gasteiger partial charge < -0.3 is 0 Å². The lowest BCUT2D eigenvalue weighted by Crippen LogP contribution is -1.85. The van der Waals surface area contributed by atoms with E-state index in [0.717, 1.165) is 11.8 Å². The highest BCUT2D eigenvalue weighted by atomic mass is 14.1. The maximum atomic E-state index is 2.22. The van der Waals surface area contributed by atoms with Gasteiger partial charge in [-0.2, -0.15) is 0 Å². The van der Waals surface area contributed by atoms with Crippen LogP contribution >= 0.6 is 0 Å². The van der Waals surface area contributed by atoms with Crippen molar-refractivity contribution in [2.45, 2.75) is 110 Å².